The summed E-state index contributed by atoms with van der Waals surface area (Å²) in [6.07, 6.45) is 0. The van der Waals surface area contributed by atoms with Crippen molar-refractivity contribution in [3.63, 3.8) is 0 Å². The van der Waals surface area contributed by atoms with Gasteiger partial charge in [-0.3, -0.25) is 0 Å². The van der Waals surface area contributed by atoms with Crippen LogP contribution in [0.25, 0.3) is 0 Å². The standard InChI is InChI=1S/Nb.21O.Sr.7Ta/q+5;;;;;;;;;;;;;;;7*-1;+2;;;;;;;. The van der Waals surface area contributed by atoms with E-state index in [9.17, 15) is 0 Å². The molecule has 0 rings (SSSR count). The van der Waals surface area contributed by atoms with E-state index in [1.807, 2.05) is 0 Å². The van der Waals surface area contributed by atoms with Crippen LogP contribution in [0.1, 0.15) is 0 Å². The zero-order valence-electron chi connectivity index (χ0n) is 12.9. The van der Waals surface area contributed by atoms with Crippen molar-refractivity contribution in [2.45, 2.75) is 0 Å². The van der Waals surface area contributed by atoms with Gasteiger partial charge in [-0.05, 0) is 0 Å². The molecule has 0 unspecified atom stereocenters. The van der Waals surface area contributed by atoms with Crippen LogP contribution in [0.15, 0.2) is 0 Å². The zero-order valence-corrected chi connectivity index (χ0v) is 41.0. The van der Waals surface area contributed by atoms with Crippen molar-refractivity contribution in [2.24, 2.45) is 0 Å². The molecule has 0 aliphatic carbocycles. The Morgan fingerprint density at radius 2 is 0.267 bits per heavy atom. The summed E-state index contributed by atoms with van der Waals surface area (Å²) in [7, 11) is 0. The molecule has 0 heterocycles. The molecule has 0 bridgehead atoms. The monoisotopic (exact) mass is 1780 g/mol. The molecule has 30 heteroatoms. The van der Waals surface area contributed by atoms with E-state index in [0.29, 0.717) is 0 Å². The molecule has 0 aromatic heterocycles. The van der Waals surface area contributed by atoms with Crippen LogP contribution in [0.5, 0.6) is 0 Å². The minimum Gasteiger partial charge on any atom is 2.00 e. The van der Waals surface area contributed by atoms with Crippen molar-refractivity contribution in [1.82, 2.24) is 0 Å². The van der Waals surface area contributed by atoms with Crippen molar-refractivity contribution in [2.75, 3.05) is 0 Å². The first-order valence-electron chi connectivity index (χ1n) is 3.83. The first-order chi connectivity index (χ1) is 12.1. The van der Waals surface area contributed by atoms with Gasteiger partial charge in [0, 0.05) is 0 Å². The van der Waals surface area contributed by atoms with Gasteiger partial charge in [0.25, 0.3) is 0 Å². The van der Waals surface area contributed by atoms with E-state index in [0.717, 1.165) is 0 Å². The van der Waals surface area contributed by atoms with Crippen LogP contribution in [-0.2, 0) is 199 Å². The van der Waals surface area contributed by atoms with E-state index in [-0.39, 0.29) is 67.9 Å². The first-order valence-corrected chi connectivity index (χ1v) is 31.4. The third kappa shape index (κ3) is 1700. The van der Waals surface area contributed by atoms with E-state index in [2.05, 4.69) is 0 Å². The Balaban J connectivity index is -0.0000000242. The van der Waals surface area contributed by atoms with Gasteiger partial charge in [0.1, 0.15) is 0 Å². The zero-order chi connectivity index (χ0) is 25.0. The summed E-state index contributed by atoms with van der Waals surface area (Å²) in [6, 6.07) is 0. The predicted octanol–water partition coefficient (Wildman–Crippen LogP) is -10.4. The van der Waals surface area contributed by atoms with Crippen molar-refractivity contribution in [3.05, 3.63) is 0 Å². The van der Waals surface area contributed by atoms with Gasteiger partial charge in [0.2, 0.25) is 0 Å². The molecule has 0 aliphatic heterocycles. The Morgan fingerprint density at radius 3 is 0.267 bits per heavy atom. The van der Waals surface area contributed by atoms with Gasteiger partial charge in [-0.25, -0.2) is 0 Å². The molecular formula is NbO21SrTa7. The molecule has 0 N–H and O–H groups in total. The Kier molecular flexibility index (Phi) is 108. The number of hydrogen-bond acceptors (Lipinski definition) is 21. The summed E-state index contributed by atoms with van der Waals surface area (Å²) in [5.74, 6) is 0. The van der Waals surface area contributed by atoms with Gasteiger partial charge < -0.3 is 0 Å². The van der Waals surface area contributed by atoms with Gasteiger partial charge in [-0.15, -0.1) is 0 Å². The van der Waals surface area contributed by atoms with Crippen LogP contribution >= 0.6 is 0 Å². The van der Waals surface area contributed by atoms with Gasteiger partial charge in [0.15, 0.2) is 0 Å². The van der Waals surface area contributed by atoms with E-state index >= 15 is 0 Å². The summed E-state index contributed by atoms with van der Waals surface area (Å²) in [5.41, 5.74) is 0. The summed E-state index contributed by atoms with van der Waals surface area (Å²) >= 11 is -30.4. The first kappa shape index (κ1) is 59.4. The normalized spacial score (nSPS) is 5.83. The van der Waals surface area contributed by atoms with E-state index in [1.165, 1.54) is 0 Å². The van der Waals surface area contributed by atoms with Crippen molar-refractivity contribution < 1.29 is 225 Å². The molecule has 0 saturated carbocycles. The molecule has 0 atom stereocenters. The van der Waals surface area contributed by atoms with Crippen LogP contribution in [-0.4, -0.2) is 45.5 Å². The van der Waals surface area contributed by atoms with Crippen LogP contribution < -0.4 is 25.3 Å². The number of rotatable bonds is 0. The maximum atomic E-state index is 8.62. The maximum absolute atomic E-state index is 8.62. The molecular weight excluding hydrogens is 1780 g/mol. The topological polar surface area (TPSA) is 400 Å². The van der Waals surface area contributed by atoms with Crippen LogP contribution in [0.4, 0.5) is 0 Å². The van der Waals surface area contributed by atoms with Gasteiger partial charge in [-0.2, -0.15) is 0 Å². The van der Waals surface area contributed by atoms with Crippen LogP contribution in [0.2, 0.25) is 0 Å². The second kappa shape index (κ2) is 54.3. The molecule has 168 valence electrons. The largest absolute Gasteiger partial charge is 2.00 e. The fourth-order valence-electron chi connectivity index (χ4n) is 0. The third-order valence-corrected chi connectivity index (χ3v) is 0. The summed E-state index contributed by atoms with van der Waals surface area (Å²) < 4.78 is 181. The van der Waals surface area contributed by atoms with Crippen LogP contribution in [0.3, 0.4) is 0 Å². The fourth-order valence-corrected chi connectivity index (χ4v) is 0. The van der Waals surface area contributed by atoms with Crippen molar-refractivity contribution in [1.29, 1.82) is 0 Å². The smallest absolute Gasteiger partial charge is 2.00 e. The molecule has 0 aromatic carbocycles. The SMILES string of the molecule is [Nb+5].[O]=[Ta](=[O])[O-].[O]=[Ta](=[O])[O-].[O]=[Ta](=[O])[O-].[O]=[Ta](=[O])[O-].[O]=[Ta](=[O])[O-].[O]=[Ta](=[O])[O-].[O]=[Ta](=[O])[O-].[Sr+2]. The summed E-state index contributed by atoms with van der Waals surface area (Å²) in [5, 5.41) is 0. The molecule has 0 spiro atoms. The molecule has 0 fully saturated rings. The van der Waals surface area contributed by atoms with Crippen molar-refractivity contribution >= 4 is 45.5 Å². The molecule has 0 aliphatic rings. The maximum Gasteiger partial charge on any atom is 2.00 e. The van der Waals surface area contributed by atoms with Crippen molar-refractivity contribution in [3.8, 4) is 0 Å². The van der Waals surface area contributed by atoms with Gasteiger partial charge >= 0.3 is 270 Å². The Labute approximate surface area is 264 Å². The van der Waals surface area contributed by atoms with Gasteiger partial charge in [0.05, 0.1) is 0 Å². The minimum absolute atomic E-state index is 0. The van der Waals surface area contributed by atoms with E-state index < -0.39 is 131 Å². The molecule has 21 nitrogen and oxygen atoms in total. The molecule has 0 radical (unpaired) electrons. The Hall–Kier alpha value is 4.32. The van der Waals surface area contributed by atoms with E-state index in [1.54, 1.807) is 0 Å². The molecule has 0 aromatic rings. The Morgan fingerprint density at radius 1 is 0.267 bits per heavy atom. The number of hydrogen-bond donors (Lipinski definition) is 0. The quantitative estimate of drug-likeness (QED) is 0.203. The molecule has 0 saturated heterocycles. The molecule has 30 heavy (non-hydrogen) atoms. The third-order valence-electron chi connectivity index (χ3n) is 0. The average molecular weight is 1780 g/mol. The van der Waals surface area contributed by atoms with Gasteiger partial charge in [-0.1, -0.05) is 0 Å². The fraction of sp³-hybridized carbons (Fsp3) is 0. The Bertz CT molecular complexity index is 571. The minimum atomic E-state index is -4.34. The summed E-state index contributed by atoms with van der Waals surface area (Å²) in [6.45, 7) is 0. The average Bonchev–Trinajstić information content (AvgIpc) is 2.20. The molecule has 0 amide bonds. The predicted molar refractivity (Wildman–Crippen MR) is 15.4 cm³/mol. The van der Waals surface area contributed by atoms with Crippen LogP contribution in [0, 0.1) is 0 Å². The second-order valence-corrected chi connectivity index (χ2v) is 12.8. The second-order valence-electron chi connectivity index (χ2n) is 1.57. The van der Waals surface area contributed by atoms with E-state index in [4.69, 9.17) is 70.8 Å². The summed E-state index contributed by atoms with van der Waals surface area (Å²) in [4.78, 5) is 0.